The van der Waals surface area contributed by atoms with Crippen molar-refractivity contribution in [1.29, 1.82) is 0 Å². The lowest BCUT2D eigenvalue weighted by molar-refractivity contribution is 0.199. The number of nitrogens with one attached hydrogen (secondary N) is 1. The average molecular weight is 339 g/mol. The van der Waals surface area contributed by atoms with Crippen LogP contribution in [0.1, 0.15) is 29.9 Å². The largest absolute Gasteiger partial charge is 0.383 e. The van der Waals surface area contributed by atoms with Crippen molar-refractivity contribution in [2.75, 3.05) is 20.3 Å². The Bertz CT molecular complexity index is 824. The molecular formula is C19H21N3OS. The molecule has 3 aromatic rings. The Morgan fingerprint density at radius 3 is 2.92 bits per heavy atom. The normalized spacial score (nSPS) is 14.4. The fourth-order valence-corrected chi connectivity index (χ4v) is 4.07. The first kappa shape index (κ1) is 15.7. The summed E-state index contributed by atoms with van der Waals surface area (Å²) < 4.78 is 6.37. The van der Waals surface area contributed by atoms with Crippen LogP contribution in [-0.4, -0.2) is 30.2 Å². The Morgan fingerprint density at radius 1 is 1.25 bits per heavy atom. The minimum absolute atomic E-state index is 0.726. The molecule has 0 aromatic carbocycles. The monoisotopic (exact) mass is 339 g/mol. The van der Waals surface area contributed by atoms with Crippen LogP contribution in [-0.2, 0) is 11.3 Å². The molecule has 1 fully saturated rings. The van der Waals surface area contributed by atoms with Gasteiger partial charge in [-0.3, -0.25) is 9.97 Å². The molecule has 1 aliphatic rings. The molecule has 0 spiro atoms. The van der Waals surface area contributed by atoms with E-state index < -0.39 is 0 Å². The van der Waals surface area contributed by atoms with E-state index in [2.05, 4.69) is 39.6 Å². The molecule has 0 radical (unpaired) electrons. The number of fused-ring (bicyclic) bond motifs is 1. The van der Waals surface area contributed by atoms with Gasteiger partial charge in [-0.1, -0.05) is 6.07 Å². The molecule has 1 aliphatic carbocycles. The van der Waals surface area contributed by atoms with Crippen LogP contribution < -0.4 is 5.32 Å². The Balaban J connectivity index is 1.53. The van der Waals surface area contributed by atoms with E-state index >= 15 is 0 Å². The van der Waals surface area contributed by atoms with Crippen LogP contribution in [0.5, 0.6) is 0 Å². The first-order chi connectivity index (χ1) is 11.8. The number of nitrogens with zero attached hydrogens (tertiary/aromatic N) is 2. The van der Waals surface area contributed by atoms with E-state index in [9.17, 15) is 0 Å². The van der Waals surface area contributed by atoms with Crippen molar-refractivity contribution in [2.45, 2.75) is 25.3 Å². The Hall–Kier alpha value is -1.82. The van der Waals surface area contributed by atoms with E-state index in [0.717, 1.165) is 36.8 Å². The van der Waals surface area contributed by atoms with Gasteiger partial charge in [-0.25, -0.2) is 0 Å². The van der Waals surface area contributed by atoms with E-state index in [1.165, 1.54) is 33.5 Å². The number of rotatable bonds is 7. The van der Waals surface area contributed by atoms with Gasteiger partial charge in [0.15, 0.2) is 0 Å². The Kier molecular flexibility index (Phi) is 4.56. The van der Waals surface area contributed by atoms with Gasteiger partial charge >= 0.3 is 0 Å². The number of thiophene rings is 1. The summed E-state index contributed by atoms with van der Waals surface area (Å²) >= 11 is 1.82. The molecule has 0 amide bonds. The number of ether oxygens (including phenoxy) is 1. The van der Waals surface area contributed by atoms with Crippen LogP contribution in [0, 0.1) is 0 Å². The zero-order chi connectivity index (χ0) is 16.4. The predicted molar refractivity (Wildman–Crippen MR) is 98.4 cm³/mol. The minimum Gasteiger partial charge on any atom is -0.383 e. The van der Waals surface area contributed by atoms with E-state index in [1.807, 2.05) is 23.7 Å². The molecular weight excluding hydrogens is 318 g/mol. The third kappa shape index (κ3) is 3.34. The van der Waals surface area contributed by atoms with Crippen LogP contribution in [0.3, 0.4) is 0 Å². The molecule has 4 nitrogen and oxygen atoms in total. The smallest absolute Gasteiger partial charge is 0.0819 e. The molecule has 124 valence electrons. The van der Waals surface area contributed by atoms with Crippen molar-refractivity contribution in [3.05, 3.63) is 47.8 Å². The van der Waals surface area contributed by atoms with E-state index in [0.29, 0.717) is 0 Å². The van der Waals surface area contributed by atoms with Gasteiger partial charge in [0.05, 0.1) is 27.4 Å². The molecule has 3 aromatic heterocycles. The molecule has 0 saturated heterocycles. The summed E-state index contributed by atoms with van der Waals surface area (Å²) in [6, 6.07) is 8.60. The number of methoxy groups -OCH3 is 1. The highest BCUT2D eigenvalue weighted by Crippen LogP contribution is 2.45. The van der Waals surface area contributed by atoms with Crippen molar-refractivity contribution < 1.29 is 4.74 Å². The second kappa shape index (κ2) is 6.97. The minimum atomic E-state index is 0.726. The number of aromatic nitrogens is 2. The third-order valence-corrected chi connectivity index (χ3v) is 5.54. The molecule has 0 aliphatic heterocycles. The lowest BCUT2D eigenvalue weighted by Gasteiger charge is -2.04. The van der Waals surface area contributed by atoms with Gasteiger partial charge in [-0.15, -0.1) is 11.3 Å². The molecule has 1 saturated carbocycles. The Labute approximate surface area is 145 Å². The van der Waals surface area contributed by atoms with Gasteiger partial charge in [0.25, 0.3) is 0 Å². The first-order valence-electron chi connectivity index (χ1n) is 8.38. The summed E-state index contributed by atoms with van der Waals surface area (Å²) in [5, 5.41) is 3.34. The summed E-state index contributed by atoms with van der Waals surface area (Å²) in [5.74, 6) is 0.746. The molecule has 1 N–H and O–H groups in total. The maximum atomic E-state index is 5.03. The fourth-order valence-electron chi connectivity index (χ4n) is 2.88. The van der Waals surface area contributed by atoms with Gasteiger partial charge in [0, 0.05) is 32.6 Å². The fraction of sp³-hybridized carbons (Fsp3) is 0.368. The highest BCUT2D eigenvalue weighted by Gasteiger charge is 2.26. The third-order valence-electron chi connectivity index (χ3n) is 4.35. The summed E-state index contributed by atoms with van der Waals surface area (Å²) in [6.07, 6.45) is 6.52. The Morgan fingerprint density at radius 2 is 2.17 bits per heavy atom. The van der Waals surface area contributed by atoms with E-state index in [4.69, 9.17) is 4.74 Å². The first-order valence-corrected chi connectivity index (χ1v) is 9.20. The van der Waals surface area contributed by atoms with Gasteiger partial charge in [0.1, 0.15) is 0 Å². The van der Waals surface area contributed by atoms with Gasteiger partial charge < -0.3 is 10.1 Å². The van der Waals surface area contributed by atoms with Crippen molar-refractivity contribution in [1.82, 2.24) is 15.3 Å². The number of hydrogen-bond acceptors (Lipinski definition) is 5. The van der Waals surface area contributed by atoms with Crippen molar-refractivity contribution in [3.63, 3.8) is 0 Å². The molecule has 0 unspecified atom stereocenters. The highest BCUT2D eigenvalue weighted by atomic mass is 32.1. The molecule has 0 bridgehead atoms. The van der Waals surface area contributed by atoms with Crippen LogP contribution >= 0.6 is 11.3 Å². The second-order valence-corrected chi connectivity index (χ2v) is 7.27. The quantitative estimate of drug-likeness (QED) is 0.662. The molecule has 4 rings (SSSR count). The van der Waals surface area contributed by atoms with Crippen LogP contribution in [0.25, 0.3) is 20.8 Å². The summed E-state index contributed by atoms with van der Waals surface area (Å²) in [7, 11) is 1.71. The standard InChI is InChI=1S/C19H21N3OS/c1-23-9-8-20-11-13-2-5-16(22-12-13)18-10-17-19(24-18)15(6-7-21-17)14-3-4-14/h2,5-7,10,12,14,20H,3-4,8-9,11H2,1H3. The highest BCUT2D eigenvalue weighted by molar-refractivity contribution is 7.22. The SMILES string of the molecule is COCCNCc1ccc(-c2cc3nccc(C4CC4)c3s2)nc1. The van der Waals surface area contributed by atoms with Gasteiger partial charge in [0.2, 0.25) is 0 Å². The summed E-state index contributed by atoms with van der Waals surface area (Å²) in [4.78, 5) is 10.4. The second-order valence-electron chi connectivity index (χ2n) is 6.22. The molecule has 3 heterocycles. The van der Waals surface area contributed by atoms with Crippen LogP contribution in [0.2, 0.25) is 0 Å². The van der Waals surface area contributed by atoms with Crippen LogP contribution in [0.4, 0.5) is 0 Å². The maximum Gasteiger partial charge on any atom is 0.0819 e. The summed E-state index contributed by atoms with van der Waals surface area (Å²) in [6.45, 7) is 2.39. The summed E-state index contributed by atoms with van der Waals surface area (Å²) in [5.41, 5.74) is 4.79. The molecule has 5 heteroatoms. The van der Waals surface area contributed by atoms with Crippen LogP contribution in [0.15, 0.2) is 36.7 Å². The number of pyridine rings is 2. The lowest BCUT2D eigenvalue weighted by atomic mass is 10.1. The zero-order valence-corrected chi connectivity index (χ0v) is 14.6. The molecule has 0 atom stereocenters. The van der Waals surface area contributed by atoms with Gasteiger partial charge in [-0.05, 0) is 48.1 Å². The van der Waals surface area contributed by atoms with E-state index in [1.54, 1.807) is 7.11 Å². The predicted octanol–water partition coefficient (Wildman–Crippen LogP) is 3.97. The number of hydrogen-bond donors (Lipinski definition) is 1. The molecule has 24 heavy (non-hydrogen) atoms. The van der Waals surface area contributed by atoms with Crippen molar-refractivity contribution in [3.8, 4) is 10.6 Å². The van der Waals surface area contributed by atoms with E-state index in [-0.39, 0.29) is 0 Å². The topological polar surface area (TPSA) is 47.0 Å². The lowest BCUT2D eigenvalue weighted by Crippen LogP contribution is -2.18. The average Bonchev–Trinajstić information content (AvgIpc) is 3.37. The van der Waals surface area contributed by atoms with Gasteiger partial charge in [-0.2, -0.15) is 0 Å². The zero-order valence-electron chi connectivity index (χ0n) is 13.8. The maximum absolute atomic E-state index is 5.03. The van der Waals surface area contributed by atoms with Crippen molar-refractivity contribution >= 4 is 21.6 Å². The van der Waals surface area contributed by atoms with Crippen molar-refractivity contribution in [2.24, 2.45) is 0 Å².